The smallest absolute Gasteiger partial charge is 0.254 e. The van der Waals surface area contributed by atoms with Gasteiger partial charge in [-0.3, -0.25) is 4.79 Å². The highest BCUT2D eigenvalue weighted by molar-refractivity contribution is 7.16. The summed E-state index contributed by atoms with van der Waals surface area (Å²) in [7, 11) is 0. The van der Waals surface area contributed by atoms with Gasteiger partial charge in [-0.25, -0.2) is 0 Å². The van der Waals surface area contributed by atoms with Gasteiger partial charge in [0.1, 0.15) is 0 Å². The van der Waals surface area contributed by atoms with Crippen molar-refractivity contribution in [3.63, 3.8) is 0 Å². The lowest BCUT2D eigenvalue weighted by atomic mass is 9.94. The van der Waals surface area contributed by atoms with E-state index in [1.165, 1.54) is 11.3 Å². The standard InChI is InChI=1S/C13H18N2O2S/c1-7-10(8-4-5-17-6-8)11(12(14)18-7)13(16)15-9-2-3-9/h8-9H,2-6,14H2,1H3,(H,15,16). The van der Waals surface area contributed by atoms with E-state index in [-0.39, 0.29) is 5.91 Å². The first-order chi connectivity index (χ1) is 8.66. The zero-order chi connectivity index (χ0) is 12.7. The summed E-state index contributed by atoms with van der Waals surface area (Å²) in [6, 6.07) is 0.366. The second-order valence-electron chi connectivity index (χ2n) is 5.12. The van der Waals surface area contributed by atoms with Crippen LogP contribution in [0, 0.1) is 6.92 Å². The van der Waals surface area contributed by atoms with Crippen LogP contribution in [-0.4, -0.2) is 25.2 Å². The second-order valence-corrected chi connectivity index (χ2v) is 6.38. The fraction of sp³-hybridized carbons (Fsp3) is 0.615. The summed E-state index contributed by atoms with van der Waals surface area (Å²) < 4.78 is 5.44. The molecule has 1 aromatic heterocycles. The molecule has 1 atom stereocenters. The summed E-state index contributed by atoms with van der Waals surface area (Å²) in [5, 5.41) is 3.68. The van der Waals surface area contributed by atoms with E-state index in [0.717, 1.165) is 36.3 Å². The summed E-state index contributed by atoms with van der Waals surface area (Å²) >= 11 is 1.52. The molecule has 1 aromatic rings. The second kappa shape index (κ2) is 4.55. The monoisotopic (exact) mass is 266 g/mol. The van der Waals surface area contributed by atoms with E-state index in [4.69, 9.17) is 10.5 Å². The number of thiophene rings is 1. The van der Waals surface area contributed by atoms with E-state index in [2.05, 4.69) is 5.32 Å². The third-order valence-corrected chi connectivity index (χ3v) is 4.59. The number of carbonyl (C=O) groups is 1. The maximum atomic E-state index is 12.3. The van der Waals surface area contributed by atoms with Gasteiger partial charge in [0.05, 0.1) is 17.2 Å². The number of amides is 1. The fourth-order valence-electron chi connectivity index (χ4n) is 2.55. The van der Waals surface area contributed by atoms with E-state index in [1.54, 1.807) is 0 Å². The van der Waals surface area contributed by atoms with Gasteiger partial charge in [0.15, 0.2) is 0 Å². The molecule has 1 saturated heterocycles. The number of nitrogens with two attached hydrogens (primary N) is 1. The third-order valence-electron chi connectivity index (χ3n) is 3.64. The molecule has 5 heteroatoms. The number of hydrogen-bond acceptors (Lipinski definition) is 4. The lowest BCUT2D eigenvalue weighted by Gasteiger charge is -2.12. The molecule has 0 bridgehead atoms. The average Bonchev–Trinajstić information content (AvgIpc) is 2.88. The maximum Gasteiger partial charge on any atom is 0.254 e. The van der Waals surface area contributed by atoms with Crippen LogP contribution in [0.4, 0.5) is 5.00 Å². The van der Waals surface area contributed by atoms with Crippen LogP contribution in [0.3, 0.4) is 0 Å². The molecule has 1 unspecified atom stereocenters. The topological polar surface area (TPSA) is 64.4 Å². The molecule has 2 fully saturated rings. The first kappa shape index (κ1) is 12.0. The minimum absolute atomic E-state index is 0.00116. The Bertz CT molecular complexity index is 474. The van der Waals surface area contributed by atoms with E-state index < -0.39 is 0 Å². The molecule has 1 aliphatic carbocycles. The minimum Gasteiger partial charge on any atom is -0.390 e. The fourth-order valence-corrected chi connectivity index (χ4v) is 3.57. The number of nitrogen functional groups attached to an aromatic ring is 1. The highest BCUT2D eigenvalue weighted by Gasteiger charge is 2.31. The molecule has 2 heterocycles. The highest BCUT2D eigenvalue weighted by atomic mass is 32.1. The predicted octanol–water partition coefficient (Wildman–Crippen LogP) is 2.03. The van der Waals surface area contributed by atoms with Crippen LogP contribution < -0.4 is 11.1 Å². The Morgan fingerprint density at radius 2 is 2.22 bits per heavy atom. The van der Waals surface area contributed by atoms with Gasteiger partial charge in [-0.05, 0) is 31.7 Å². The third kappa shape index (κ3) is 2.12. The van der Waals surface area contributed by atoms with Crippen LogP contribution in [0.5, 0.6) is 0 Å². The van der Waals surface area contributed by atoms with Crippen LogP contribution in [0.15, 0.2) is 0 Å². The Balaban J connectivity index is 1.92. The Kier molecular flexibility index (Phi) is 3.03. The minimum atomic E-state index is 0.00116. The number of aryl methyl sites for hydroxylation is 1. The van der Waals surface area contributed by atoms with Gasteiger partial charge in [0, 0.05) is 23.4 Å². The summed E-state index contributed by atoms with van der Waals surface area (Å²) in [5.41, 5.74) is 7.85. The SMILES string of the molecule is Cc1sc(N)c(C(=O)NC2CC2)c1C1CCOC1. The van der Waals surface area contributed by atoms with Crippen LogP contribution in [0.1, 0.15) is 46.0 Å². The summed E-state index contributed by atoms with van der Waals surface area (Å²) in [4.78, 5) is 13.4. The van der Waals surface area contributed by atoms with Crippen molar-refractivity contribution >= 4 is 22.2 Å². The molecular weight excluding hydrogens is 248 g/mol. The first-order valence-electron chi connectivity index (χ1n) is 6.44. The predicted molar refractivity (Wildman–Crippen MR) is 72.1 cm³/mol. The number of ether oxygens (including phenoxy) is 1. The summed E-state index contributed by atoms with van der Waals surface area (Å²) in [6.07, 6.45) is 3.17. The zero-order valence-corrected chi connectivity index (χ0v) is 11.3. The molecule has 3 rings (SSSR count). The van der Waals surface area contributed by atoms with E-state index in [0.29, 0.717) is 29.1 Å². The van der Waals surface area contributed by atoms with Crippen LogP contribution in [0.2, 0.25) is 0 Å². The molecule has 2 aliphatic rings. The van der Waals surface area contributed by atoms with Crippen molar-refractivity contribution in [2.75, 3.05) is 18.9 Å². The number of rotatable bonds is 3. The van der Waals surface area contributed by atoms with Crippen molar-refractivity contribution in [2.45, 2.75) is 38.1 Å². The zero-order valence-electron chi connectivity index (χ0n) is 10.5. The van der Waals surface area contributed by atoms with Crippen molar-refractivity contribution in [1.82, 2.24) is 5.32 Å². The van der Waals surface area contributed by atoms with Crippen molar-refractivity contribution < 1.29 is 9.53 Å². The van der Waals surface area contributed by atoms with E-state index in [1.807, 2.05) is 6.92 Å². The van der Waals surface area contributed by atoms with Crippen molar-refractivity contribution in [3.05, 3.63) is 16.0 Å². The highest BCUT2D eigenvalue weighted by Crippen LogP contribution is 2.39. The number of carbonyl (C=O) groups excluding carboxylic acids is 1. The molecule has 0 aromatic carbocycles. The Hall–Kier alpha value is -1.07. The number of hydrogen-bond donors (Lipinski definition) is 2. The first-order valence-corrected chi connectivity index (χ1v) is 7.26. The molecule has 98 valence electrons. The maximum absolute atomic E-state index is 12.3. The van der Waals surface area contributed by atoms with Gasteiger partial charge < -0.3 is 15.8 Å². The average molecular weight is 266 g/mol. The van der Waals surface area contributed by atoms with Crippen LogP contribution >= 0.6 is 11.3 Å². The molecule has 0 radical (unpaired) electrons. The van der Waals surface area contributed by atoms with Gasteiger partial charge >= 0.3 is 0 Å². The lowest BCUT2D eigenvalue weighted by molar-refractivity contribution is 0.0951. The van der Waals surface area contributed by atoms with Crippen LogP contribution in [0.25, 0.3) is 0 Å². The number of anilines is 1. The molecule has 1 aliphatic heterocycles. The van der Waals surface area contributed by atoms with Gasteiger partial charge in [0.25, 0.3) is 5.91 Å². The van der Waals surface area contributed by atoms with Gasteiger partial charge in [-0.1, -0.05) is 0 Å². The molecule has 3 N–H and O–H groups in total. The quantitative estimate of drug-likeness (QED) is 0.880. The van der Waals surface area contributed by atoms with Gasteiger partial charge in [-0.15, -0.1) is 11.3 Å². The normalized spacial score (nSPS) is 23.3. The van der Waals surface area contributed by atoms with Crippen LogP contribution in [-0.2, 0) is 4.74 Å². The largest absolute Gasteiger partial charge is 0.390 e. The van der Waals surface area contributed by atoms with Gasteiger partial charge in [0.2, 0.25) is 0 Å². The Morgan fingerprint density at radius 1 is 1.44 bits per heavy atom. The van der Waals surface area contributed by atoms with E-state index >= 15 is 0 Å². The molecular formula is C13H18N2O2S. The van der Waals surface area contributed by atoms with Crippen molar-refractivity contribution in [1.29, 1.82) is 0 Å². The lowest BCUT2D eigenvalue weighted by Crippen LogP contribution is -2.27. The van der Waals surface area contributed by atoms with Crippen molar-refractivity contribution in [3.8, 4) is 0 Å². The van der Waals surface area contributed by atoms with E-state index in [9.17, 15) is 4.79 Å². The Morgan fingerprint density at radius 3 is 2.83 bits per heavy atom. The molecule has 18 heavy (non-hydrogen) atoms. The molecule has 1 saturated carbocycles. The van der Waals surface area contributed by atoms with Gasteiger partial charge in [-0.2, -0.15) is 0 Å². The summed E-state index contributed by atoms with van der Waals surface area (Å²) in [6.45, 7) is 3.53. The van der Waals surface area contributed by atoms with Crippen molar-refractivity contribution in [2.24, 2.45) is 0 Å². The summed E-state index contributed by atoms with van der Waals surface area (Å²) in [5.74, 6) is 0.333. The molecule has 4 nitrogen and oxygen atoms in total. The number of nitrogens with one attached hydrogen (secondary N) is 1. The molecule has 1 amide bonds. The molecule has 0 spiro atoms. The Labute approximate surface area is 111 Å².